The second-order valence-electron chi connectivity index (χ2n) is 4.86. The predicted octanol–water partition coefficient (Wildman–Crippen LogP) is 0.935. The molecule has 0 radical (unpaired) electrons. The van der Waals surface area contributed by atoms with E-state index in [0.29, 0.717) is 18.5 Å². The Balaban J connectivity index is 2.31. The number of rotatable bonds is 3. The minimum Gasteiger partial charge on any atom is -0.508 e. The SMILES string of the molecule is CC(c1cc(O)ccc1O)N1CCCC1(O)CO. The topological polar surface area (TPSA) is 84.2 Å². The third kappa shape index (κ3) is 2.16. The van der Waals surface area contributed by atoms with E-state index in [4.69, 9.17) is 0 Å². The van der Waals surface area contributed by atoms with Crippen molar-refractivity contribution in [2.75, 3.05) is 13.2 Å². The molecule has 5 nitrogen and oxygen atoms in total. The number of phenols is 2. The molecular formula is C13H19NO4. The maximum Gasteiger partial charge on any atom is 0.142 e. The Morgan fingerprint density at radius 2 is 2.11 bits per heavy atom. The van der Waals surface area contributed by atoms with E-state index < -0.39 is 5.72 Å². The van der Waals surface area contributed by atoms with Gasteiger partial charge >= 0.3 is 0 Å². The molecule has 0 saturated carbocycles. The van der Waals surface area contributed by atoms with Crippen molar-refractivity contribution in [3.8, 4) is 11.5 Å². The van der Waals surface area contributed by atoms with Gasteiger partial charge in [0.25, 0.3) is 0 Å². The number of hydrogen-bond donors (Lipinski definition) is 4. The summed E-state index contributed by atoms with van der Waals surface area (Å²) in [4.78, 5) is 1.75. The average Bonchev–Trinajstić information content (AvgIpc) is 2.74. The number of likely N-dealkylation sites (tertiary alicyclic amines) is 1. The van der Waals surface area contributed by atoms with Crippen molar-refractivity contribution in [3.05, 3.63) is 23.8 Å². The van der Waals surface area contributed by atoms with Crippen LogP contribution in [-0.4, -0.2) is 44.2 Å². The van der Waals surface area contributed by atoms with E-state index in [9.17, 15) is 20.4 Å². The molecule has 2 unspecified atom stereocenters. The minimum atomic E-state index is -1.24. The van der Waals surface area contributed by atoms with Gasteiger partial charge in [-0.05, 0) is 38.0 Å². The van der Waals surface area contributed by atoms with Crippen LogP contribution in [0.3, 0.4) is 0 Å². The number of aromatic hydroxyl groups is 2. The number of aliphatic hydroxyl groups excluding tert-OH is 1. The van der Waals surface area contributed by atoms with E-state index in [1.165, 1.54) is 18.2 Å². The van der Waals surface area contributed by atoms with E-state index in [2.05, 4.69) is 0 Å². The number of aliphatic hydroxyl groups is 2. The van der Waals surface area contributed by atoms with Gasteiger partial charge in [-0.15, -0.1) is 0 Å². The Bertz CT molecular complexity index is 437. The zero-order valence-corrected chi connectivity index (χ0v) is 10.4. The molecule has 1 aromatic carbocycles. The van der Waals surface area contributed by atoms with E-state index in [1.54, 1.807) is 4.90 Å². The molecule has 2 atom stereocenters. The van der Waals surface area contributed by atoms with Gasteiger partial charge in [-0.2, -0.15) is 0 Å². The Morgan fingerprint density at radius 3 is 2.78 bits per heavy atom. The van der Waals surface area contributed by atoms with Crippen molar-refractivity contribution in [3.63, 3.8) is 0 Å². The van der Waals surface area contributed by atoms with Crippen LogP contribution in [0.15, 0.2) is 18.2 Å². The van der Waals surface area contributed by atoms with Crippen molar-refractivity contribution >= 4 is 0 Å². The lowest BCUT2D eigenvalue weighted by atomic mass is 10.0. The summed E-state index contributed by atoms with van der Waals surface area (Å²) in [7, 11) is 0. The normalized spacial score (nSPS) is 26.4. The lowest BCUT2D eigenvalue weighted by Gasteiger charge is -2.36. The third-order valence-electron chi connectivity index (χ3n) is 3.69. The first kappa shape index (κ1) is 13.1. The highest BCUT2D eigenvalue weighted by Gasteiger charge is 2.41. The van der Waals surface area contributed by atoms with Crippen LogP contribution in [0.1, 0.15) is 31.4 Å². The second-order valence-corrected chi connectivity index (χ2v) is 4.86. The van der Waals surface area contributed by atoms with Gasteiger partial charge in [-0.3, -0.25) is 4.90 Å². The Kier molecular flexibility index (Phi) is 3.47. The first-order valence-electron chi connectivity index (χ1n) is 6.10. The van der Waals surface area contributed by atoms with Crippen molar-refractivity contribution in [2.45, 2.75) is 31.5 Å². The van der Waals surface area contributed by atoms with Crippen LogP contribution in [0.5, 0.6) is 11.5 Å². The number of phenolic OH excluding ortho intramolecular Hbond substituents is 2. The highest BCUT2D eigenvalue weighted by molar-refractivity contribution is 5.40. The maximum absolute atomic E-state index is 10.3. The quantitative estimate of drug-likeness (QED) is 0.602. The molecule has 0 aromatic heterocycles. The third-order valence-corrected chi connectivity index (χ3v) is 3.69. The molecular weight excluding hydrogens is 234 g/mol. The van der Waals surface area contributed by atoms with Gasteiger partial charge in [0.1, 0.15) is 17.2 Å². The fraction of sp³-hybridized carbons (Fsp3) is 0.538. The minimum absolute atomic E-state index is 0.0707. The summed E-state index contributed by atoms with van der Waals surface area (Å²) in [5.41, 5.74) is -0.694. The van der Waals surface area contributed by atoms with Crippen molar-refractivity contribution in [1.82, 2.24) is 4.90 Å². The molecule has 100 valence electrons. The average molecular weight is 253 g/mol. The molecule has 2 rings (SSSR count). The molecule has 4 N–H and O–H groups in total. The van der Waals surface area contributed by atoms with Gasteiger partial charge in [-0.25, -0.2) is 0 Å². The van der Waals surface area contributed by atoms with Crippen LogP contribution in [0, 0.1) is 0 Å². The van der Waals surface area contributed by atoms with Crippen molar-refractivity contribution in [2.24, 2.45) is 0 Å². The summed E-state index contributed by atoms with van der Waals surface area (Å²) in [5.74, 6) is 0.147. The van der Waals surface area contributed by atoms with Crippen LogP contribution < -0.4 is 0 Å². The molecule has 1 aliphatic rings. The number of hydrogen-bond acceptors (Lipinski definition) is 5. The molecule has 1 saturated heterocycles. The molecule has 5 heteroatoms. The molecule has 1 aliphatic heterocycles. The summed E-state index contributed by atoms with van der Waals surface area (Å²) < 4.78 is 0. The molecule has 0 spiro atoms. The number of benzene rings is 1. The van der Waals surface area contributed by atoms with E-state index in [0.717, 1.165) is 6.42 Å². The zero-order valence-electron chi connectivity index (χ0n) is 10.4. The number of nitrogens with zero attached hydrogens (tertiary/aromatic N) is 1. The summed E-state index contributed by atoms with van der Waals surface area (Å²) >= 11 is 0. The molecule has 0 amide bonds. The van der Waals surface area contributed by atoms with Crippen LogP contribution in [0.2, 0.25) is 0 Å². The Morgan fingerprint density at radius 1 is 1.39 bits per heavy atom. The van der Waals surface area contributed by atoms with Gasteiger partial charge in [0, 0.05) is 18.2 Å². The smallest absolute Gasteiger partial charge is 0.142 e. The van der Waals surface area contributed by atoms with Gasteiger partial charge in [-0.1, -0.05) is 0 Å². The van der Waals surface area contributed by atoms with E-state index in [1.807, 2.05) is 6.92 Å². The van der Waals surface area contributed by atoms with Crippen molar-refractivity contribution in [1.29, 1.82) is 0 Å². The molecule has 18 heavy (non-hydrogen) atoms. The highest BCUT2D eigenvalue weighted by Crippen LogP contribution is 2.38. The molecule has 0 bridgehead atoms. The van der Waals surface area contributed by atoms with Crippen LogP contribution in [-0.2, 0) is 0 Å². The molecule has 1 heterocycles. The standard InChI is InChI=1S/C13H19NO4/c1-9(11-7-10(16)3-4-12(11)17)14-6-2-5-13(14,18)8-15/h3-4,7,9,15-18H,2,5-6,8H2,1H3. The fourth-order valence-corrected chi connectivity index (χ4v) is 2.65. The predicted molar refractivity (Wildman–Crippen MR) is 66.2 cm³/mol. The van der Waals surface area contributed by atoms with Crippen LogP contribution >= 0.6 is 0 Å². The molecule has 0 aliphatic carbocycles. The van der Waals surface area contributed by atoms with Gasteiger partial charge in [0.05, 0.1) is 6.61 Å². The molecule has 1 fully saturated rings. The highest BCUT2D eigenvalue weighted by atomic mass is 16.4. The first-order chi connectivity index (χ1) is 8.48. The van der Waals surface area contributed by atoms with Crippen molar-refractivity contribution < 1.29 is 20.4 Å². The monoisotopic (exact) mass is 253 g/mol. The van der Waals surface area contributed by atoms with E-state index in [-0.39, 0.29) is 24.1 Å². The fourth-order valence-electron chi connectivity index (χ4n) is 2.65. The van der Waals surface area contributed by atoms with Gasteiger partial charge in [0.2, 0.25) is 0 Å². The second kappa shape index (κ2) is 4.76. The lowest BCUT2D eigenvalue weighted by Crippen LogP contribution is -2.47. The Hall–Kier alpha value is -1.30. The lowest BCUT2D eigenvalue weighted by molar-refractivity contribution is -0.130. The Labute approximate surface area is 106 Å². The summed E-state index contributed by atoms with van der Waals surface area (Å²) in [6.45, 7) is 2.14. The van der Waals surface area contributed by atoms with Gasteiger partial charge < -0.3 is 20.4 Å². The summed E-state index contributed by atoms with van der Waals surface area (Å²) in [6.07, 6.45) is 1.30. The van der Waals surface area contributed by atoms with Gasteiger partial charge in [0.15, 0.2) is 0 Å². The summed E-state index contributed by atoms with van der Waals surface area (Å²) in [5, 5.41) is 38.9. The summed E-state index contributed by atoms with van der Waals surface area (Å²) in [6, 6.07) is 4.04. The molecule has 1 aromatic rings. The van der Waals surface area contributed by atoms with Crippen LogP contribution in [0.25, 0.3) is 0 Å². The van der Waals surface area contributed by atoms with Crippen LogP contribution in [0.4, 0.5) is 0 Å². The maximum atomic E-state index is 10.3. The van der Waals surface area contributed by atoms with E-state index >= 15 is 0 Å². The zero-order chi connectivity index (χ0) is 13.3. The largest absolute Gasteiger partial charge is 0.508 e. The first-order valence-corrected chi connectivity index (χ1v) is 6.10.